The average molecular weight is 440 g/mol. The topological polar surface area (TPSA) is 74.7 Å². The van der Waals surface area contributed by atoms with Crippen LogP contribution in [0.1, 0.15) is 37.0 Å². The van der Waals surface area contributed by atoms with Gasteiger partial charge in [0, 0.05) is 42.2 Å². The Hall–Kier alpha value is -3.42. The first-order valence-corrected chi connectivity index (χ1v) is 10.4. The molecule has 1 aliphatic rings. The number of aromatic nitrogens is 1. The highest BCUT2D eigenvalue weighted by Crippen LogP contribution is 2.24. The van der Waals surface area contributed by atoms with Crippen LogP contribution in [-0.4, -0.2) is 46.2 Å². The Kier molecular flexibility index (Phi) is 7.45. The van der Waals surface area contributed by atoms with E-state index in [0.29, 0.717) is 16.8 Å². The van der Waals surface area contributed by atoms with Crippen LogP contribution in [0.2, 0.25) is 0 Å². The number of likely N-dealkylation sites (tertiary alicyclic amines) is 1. The number of amides is 2. The molecule has 0 radical (unpaired) electrons. The Morgan fingerprint density at radius 1 is 1.31 bits per heavy atom. The number of pyridine rings is 1. The van der Waals surface area contributed by atoms with Crippen LogP contribution in [0.5, 0.6) is 0 Å². The number of aliphatic imine (C=N–C) groups is 1. The fourth-order valence-electron chi connectivity index (χ4n) is 3.61. The molecular formula is C24H26F2N4O2. The lowest BCUT2D eigenvalue weighted by Crippen LogP contribution is -2.46. The second-order valence-corrected chi connectivity index (χ2v) is 7.68. The molecular weight excluding hydrogens is 414 g/mol. The van der Waals surface area contributed by atoms with Gasteiger partial charge in [0.2, 0.25) is 5.91 Å². The molecule has 0 spiro atoms. The summed E-state index contributed by atoms with van der Waals surface area (Å²) in [6.45, 7) is 4.80. The van der Waals surface area contributed by atoms with E-state index in [0.717, 1.165) is 5.56 Å². The number of carbonyl (C=O) groups is 2. The van der Waals surface area contributed by atoms with Crippen LogP contribution in [0.4, 0.5) is 8.78 Å². The van der Waals surface area contributed by atoms with Gasteiger partial charge in [-0.05, 0) is 32.4 Å². The molecule has 1 N–H and O–H groups in total. The van der Waals surface area contributed by atoms with Crippen molar-refractivity contribution in [3.63, 3.8) is 0 Å². The van der Waals surface area contributed by atoms with Crippen LogP contribution in [0.3, 0.4) is 0 Å². The van der Waals surface area contributed by atoms with E-state index in [1.807, 2.05) is 6.07 Å². The number of nitrogens with zero attached hydrogens (tertiary/aromatic N) is 3. The van der Waals surface area contributed by atoms with E-state index in [1.54, 1.807) is 57.4 Å². The van der Waals surface area contributed by atoms with Crippen molar-refractivity contribution in [1.82, 2.24) is 15.2 Å². The maximum atomic E-state index is 14.2. The number of rotatable bonds is 6. The van der Waals surface area contributed by atoms with Gasteiger partial charge in [-0.15, -0.1) is 0 Å². The summed E-state index contributed by atoms with van der Waals surface area (Å²) in [7, 11) is 0. The van der Waals surface area contributed by atoms with Crippen molar-refractivity contribution < 1.29 is 18.4 Å². The van der Waals surface area contributed by atoms with E-state index >= 15 is 0 Å². The molecule has 2 atom stereocenters. The van der Waals surface area contributed by atoms with E-state index < -0.39 is 29.8 Å². The normalized spacial score (nSPS) is 19.2. The summed E-state index contributed by atoms with van der Waals surface area (Å²) in [6, 6.07) is 7.50. The predicted octanol–water partition coefficient (Wildman–Crippen LogP) is 3.50. The Morgan fingerprint density at radius 2 is 2.09 bits per heavy atom. The van der Waals surface area contributed by atoms with Crippen molar-refractivity contribution in [2.24, 2.45) is 4.99 Å². The summed E-state index contributed by atoms with van der Waals surface area (Å²) in [4.78, 5) is 35.5. The van der Waals surface area contributed by atoms with Crippen molar-refractivity contribution in [3.05, 3.63) is 77.0 Å². The van der Waals surface area contributed by atoms with Crippen LogP contribution in [0, 0.1) is 12.7 Å². The molecule has 0 aliphatic carbocycles. The van der Waals surface area contributed by atoms with Gasteiger partial charge in [-0.1, -0.05) is 30.3 Å². The molecule has 8 heteroatoms. The summed E-state index contributed by atoms with van der Waals surface area (Å²) in [6.07, 6.45) is 3.36. The zero-order valence-corrected chi connectivity index (χ0v) is 18.3. The molecule has 2 heterocycles. The third-order valence-corrected chi connectivity index (χ3v) is 5.40. The van der Waals surface area contributed by atoms with E-state index in [4.69, 9.17) is 0 Å². The highest BCUT2D eigenvalue weighted by molar-refractivity contribution is 6.04. The zero-order valence-electron chi connectivity index (χ0n) is 18.3. The van der Waals surface area contributed by atoms with Gasteiger partial charge in [0.1, 0.15) is 23.7 Å². The van der Waals surface area contributed by atoms with Crippen LogP contribution in [0.15, 0.2) is 59.5 Å². The fraction of sp³-hybridized carbons (Fsp3) is 0.333. The number of carbonyl (C=O) groups excluding carboxylic acids is 2. The molecule has 2 amide bonds. The van der Waals surface area contributed by atoms with Gasteiger partial charge in [0.25, 0.3) is 5.91 Å². The highest BCUT2D eigenvalue weighted by atomic mass is 19.1. The Morgan fingerprint density at radius 3 is 2.78 bits per heavy atom. The van der Waals surface area contributed by atoms with E-state index in [9.17, 15) is 18.4 Å². The minimum absolute atomic E-state index is 0.0451. The Labute approximate surface area is 186 Å². The number of allylic oxidation sites excluding steroid dienone is 1. The minimum atomic E-state index is -1.33. The minimum Gasteiger partial charge on any atom is -0.350 e. The standard InChI is InChI=1S/C24H26F2N4O2/c1-4-20(29-16(3)17-9-6-10-27-12-17)24(32)30-14-19(25)11-21(30)23(31)28-13-18-8-5-7-15(2)22(18)26/h4-10,12,19,21H,11,13-14H2,1-3H3,(H,28,31)/b20-4-,29-16?/t19-,21+/m1/s1. The molecule has 0 saturated carbocycles. The molecule has 0 unspecified atom stereocenters. The average Bonchev–Trinajstić information content (AvgIpc) is 3.20. The number of halogens is 2. The largest absolute Gasteiger partial charge is 0.350 e. The summed E-state index contributed by atoms with van der Waals surface area (Å²) < 4.78 is 28.4. The molecule has 32 heavy (non-hydrogen) atoms. The number of aryl methyl sites for hydroxylation is 1. The number of benzene rings is 1. The van der Waals surface area contributed by atoms with Gasteiger partial charge in [0.05, 0.1) is 6.54 Å². The molecule has 168 valence electrons. The maximum Gasteiger partial charge on any atom is 0.272 e. The molecule has 1 aromatic carbocycles. The number of hydrogen-bond acceptors (Lipinski definition) is 4. The highest BCUT2D eigenvalue weighted by Gasteiger charge is 2.40. The van der Waals surface area contributed by atoms with Crippen molar-refractivity contribution in [2.45, 2.75) is 46.0 Å². The number of hydrogen-bond donors (Lipinski definition) is 1. The molecule has 0 bridgehead atoms. The summed E-state index contributed by atoms with van der Waals surface area (Å²) >= 11 is 0. The molecule has 6 nitrogen and oxygen atoms in total. The van der Waals surface area contributed by atoms with Crippen LogP contribution < -0.4 is 5.32 Å². The summed E-state index contributed by atoms with van der Waals surface area (Å²) in [5.41, 5.74) is 2.24. The molecule has 2 aromatic rings. The number of nitrogens with one attached hydrogen (secondary N) is 1. The molecule has 1 fully saturated rings. The van der Waals surface area contributed by atoms with E-state index in [-0.39, 0.29) is 25.2 Å². The van der Waals surface area contributed by atoms with E-state index in [2.05, 4.69) is 15.3 Å². The lowest BCUT2D eigenvalue weighted by atomic mass is 10.1. The van der Waals surface area contributed by atoms with Crippen molar-refractivity contribution in [2.75, 3.05) is 6.54 Å². The first-order valence-electron chi connectivity index (χ1n) is 10.4. The van der Waals surface area contributed by atoms with Gasteiger partial charge in [-0.25, -0.2) is 13.8 Å². The number of alkyl halides is 1. The third kappa shape index (κ3) is 5.25. The zero-order chi connectivity index (χ0) is 23.3. The Bertz CT molecular complexity index is 1050. The van der Waals surface area contributed by atoms with Crippen LogP contribution >= 0.6 is 0 Å². The summed E-state index contributed by atoms with van der Waals surface area (Å²) in [5.74, 6) is -1.45. The second-order valence-electron chi connectivity index (χ2n) is 7.68. The quantitative estimate of drug-likeness (QED) is 0.552. The van der Waals surface area contributed by atoms with Gasteiger partial charge >= 0.3 is 0 Å². The van der Waals surface area contributed by atoms with Crippen LogP contribution in [-0.2, 0) is 16.1 Å². The third-order valence-electron chi connectivity index (χ3n) is 5.40. The van der Waals surface area contributed by atoms with Crippen LogP contribution in [0.25, 0.3) is 0 Å². The van der Waals surface area contributed by atoms with Crippen molar-refractivity contribution in [3.8, 4) is 0 Å². The SMILES string of the molecule is C/C=C(\N=C(C)c1cccnc1)C(=O)N1C[C@H](F)C[C@H]1C(=O)NCc1cccc(C)c1F. The molecule has 1 aliphatic heterocycles. The Balaban J connectivity index is 1.74. The molecule has 1 saturated heterocycles. The first kappa shape index (κ1) is 23.2. The predicted molar refractivity (Wildman–Crippen MR) is 118 cm³/mol. The van der Waals surface area contributed by atoms with Crippen molar-refractivity contribution >= 4 is 17.5 Å². The molecule has 1 aromatic heterocycles. The lowest BCUT2D eigenvalue weighted by Gasteiger charge is -2.24. The molecule has 3 rings (SSSR count). The fourth-order valence-corrected chi connectivity index (χ4v) is 3.61. The van der Waals surface area contributed by atoms with E-state index in [1.165, 1.54) is 11.0 Å². The first-order chi connectivity index (χ1) is 15.3. The second kappa shape index (κ2) is 10.3. The lowest BCUT2D eigenvalue weighted by molar-refractivity contribution is -0.135. The van der Waals surface area contributed by atoms with Gasteiger partial charge in [-0.3, -0.25) is 14.6 Å². The monoisotopic (exact) mass is 440 g/mol. The maximum absolute atomic E-state index is 14.2. The van der Waals surface area contributed by atoms with Gasteiger partial charge in [0.15, 0.2) is 0 Å². The summed E-state index contributed by atoms with van der Waals surface area (Å²) in [5, 5.41) is 2.63. The van der Waals surface area contributed by atoms with Gasteiger partial charge < -0.3 is 10.2 Å². The van der Waals surface area contributed by atoms with Gasteiger partial charge in [-0.2, -0.15) is 0 Å². The van der Waals surface area contributed by atoms with Crippen molar-refractivity contribution in [1.29, 1.82) is 0 Å². The smallest absolute Gasteiger partial charge is 0.272 e.